The highest BCUT2D eigenvalue weighted by molar-refractivity contribution is 4.84. The van der Waals surface area contributed by atoms with E-state index in [9.17, 15) is 5.11 Å². The predicted molar refractivity (Wildman–Crippen MR) is 61.9 cm³/mol. The molecule has 1 atom stereocenters. The molecule has 3 heteroatoms. The van der Waals surface area contributed by atoms with Crippen LogP contribution >= 0.6 is 0 Å². The monoisotopic (exact) mass is 215 g/mol. The lowest BCUT2D eigenvalue weighted by Crippen LogP contribution is -2.47. The van der Waals surface area contributed by atoms with Crippen molar-refractivity contribution in [1.29, 1.82) is 0 Å². The molecule has 1 unspecified atom stereocenters. The van der Waals surface area contributed by atoms with Crippen LogP contribution in [-0.2, 0) is 4.74 Å². The summed E-state index contributed by atoms with van der Waals surface area (Å²) in [6.45, 7) is 8.71. The van der Waals surface area contributed by atoms with Crippen molar-refractivity contribution in [2.75, 3.05) is 19.8 Å². The minimum absolute atomic E-state index is 0.483. The van der Waals surface area contributed by atoms with Gasteiger partial charge >= 0.3 is 0 Å². The molecule has 0 radical (unpaired) electrons. The van der Waals surface area contributed by atoms with Crippen LogP contribution in [0.4, 0.5) is 0 Å². The first kappa shape index (κ1) is 12.9. The Labute approximate surface area is 93.2 Å². The van der Waals surface area contributed by atoms with Crippen molar-refractivity contribution in [3.63, 3.8) is 0 Å². The van der Waals surface area contributed by atoms with Crippen LogP contribution < -0.4 is 5.32 Å². The molecule has 90 valence electrons. The fourth-order valence-electron chi connectivity index (χ4n) is 2.08. The molecule has 0 spiro atoms. The molecule has 0 aromatic heterocycles. The zero-order valence-corrected chi connectivity index (χ0v) is 10.3. The molecule has 1 saturated heterocycles. The molecule has 1 aliphatic heterocycles. The van der Waals surface area contributed by atoms with E-state index in [0.29, 0.717) is 31.7 Å². The third-order valence-electron chi connectivity index (χ3n) is 3.03. The first-order chi connectivity index (χ1) is 7.02. The number of ether oxygens (including phenoxy) is 1. The number of aliphatic hydroxyl groups is 1. The Hall–Kier alpha value is -0.120. The van der Waals surface area contributed by atoms with Crippen LogP contribution in [0.25, 0.3) is 0 Å². The third-order valence-corrected chi connectivity index (χ3v) is 3.03. The molecular weight excluding hydrogens is 190 g/mol. The summed E-state index contributed by atoms with van der Waals surface area (Å²) in [5.74, 6) is 0.705. The SMILES string of the molecule is CC(C)CC(C)NCC1(O)CCOCC1. The topological polar surface area (TPSA) is 41.5 Å². The Bertz CT molecular complexity index is 176. The number of nitrogens with one attached hydrogen (secondary N) is 1. The summed E-state index contributed by atoms with van der Waals surface area (Å²) in [6.07, 6.45) is 2.68. The molecule has 1 fully saturated rings. The molecular formula is C12H25NO2. The van der Waals surface area contributed by atoms with Crippen molar-refractivity contribution in [2.45, 2.75) is 51.7 Å². The summed E-state index contributed by atoms with van der Waals surface area (Å²) in [5, 5.41) is 13.6. The summed E-state index contributed by atoms with van der Waals surface area (Å²) in [5.41, 5.74) is -0.538. The fourth-order valence-corrected chi connectivity index (χ4v) is 2.08. The van der Waals surface area contributed by atoms with Crippen molar-refractivity contribution in [1.82, 2.24) is 5.32 Å². The van der Waals surface area contributed by atoms with E-state index in [0.717, 1.165) is 19.3 Å². The quantitative estimate of drug-likeness (QED) is 0.731. The van der Waals surface area contributed by atoms with Crippen LogP contribution in [0.2, 0.25) is 0 Å². The Morgan fingerprint density at radius 1 is 1.27 bits per heavy atom. The normalized spacial score (nSPS) is 23.0. The smallest absolute Gasteiger partial charge is 0.0815 e. The van der Waals surface area contributed by atoms with Crippen molar-refractivity contribution in [3.05, 3.63) is 0 Å². The summed E-state index contributed by atoms with van der Waals surface area (Å²) in [7, 11) is 0. The van der Waals surface area contributed by atoms with Crippen molar-refractivity contribution < 1.29 is 9.84 Å². The van der Waals surface area contributed by atoms with Crippen LogP contribution in [0.15, 0.2) is 0 Å². The van der Waals surface area contributed by atoms with E-state index in [1.165, 1.54) is 0 Å². The van der Waals surface area contributed by atoms with Crippen LogP contribution in [-0.4, -0.2) is 36.5 Å². The molecule has 0 aromatic rings. The second-order valence-corrected chi connectivity index (χ2v) is 5.25. The molecule has 3 nitrogen and oxygen atoms in total. The Balaban J connectivity index is 2.22. The second-order valence-electron chi connectivity index (χ2n) is 5.25. The van der Waals surface area contributed by atoms with Gasteiger partial charge in [0.15, 0.2) is 0 Å². The summed E-state index contributed by atoms with van der Waals surface area (Å²) < 4.78 is 5.25. The molecule has 1 rings (SSSR count). The molecule has 1 heterocycles. The average Bonchev–Trinajstić information content (AvgIpc) is 2.15. The molecule has 0 saturated carbocycles. The molecule has 0 aromatic carbocycles. The van der Waals surface area contributed by atoms with Gasteiger partial charge in [0.1, 0.15) is 0 Å². The van der Waals surface area contributed by atoms with Gasteiger partial charge in [-0.3, -0.25) is 0 Å². The van der Waals surface area contributed by atoms with Crippen LogP contribution in [0, 0.1) is 5.92 Å². The van der Waals surface area contributed by atoms with Crippen LogP contribution in [0.1, 0.15) is 40.0 Å². The van der Waals surface area contributed by atoms with Gasteiger partial charge in [-0.25, -0.2) is 0 Å². The molecule has 0 aliphatic carbocycles. The van der Waals surface area contributed by atoms with E-state index in [4.69, 9.17) is 4.74 Å². The lowest BCUT2D eigenvalue weighted by molar-refractivity contribution is -0.0627. The summed E-state index contributed by atoms with van der Waals surface area (Å²) >= 11 is 0. The van der Waals surface area contributed by atoms with Gasteiger partial charge in [-0.15, -0.1) is 0 Å². The highest BCUT2D eigenvalue weighted by Crippen LogP contribution is 2.19. The lowest BCUT2D eigenvalue weighted by atomic mass is 9.93. The molecule has 1 aliphatic rings. The minimum atomic E-state index is -0.538. The van der Waals surface area contributed by atoms with Crippen LogP contribution in [0.3, 0.4) is 0 Å². The van der Waals surface area contributed by atoms with Crippen molar-refractivity contribution >= 4 is 0 Å². The zero-order chi connectivity index (χ0) is 11.3. The summed E-state index contributed by atoms with van der Waals surface area (Å²) in [4.78, 5) is 0. The Morgan fingerprint density at radius 3 is 2.40 bits per heavy atom. The van der Waals surface area contributed by atoms with E-state index in [1.54, 1.807) is 0 Å². The number of hydrogen-bond donors (Lipinski definition) is 2. The number of rotatable bonds is 5. The highest BCUT2D eigenvalue weighted by atomic mass is 16.5. The fraction of sp³-hybridized carbons (Fsp3) is 1.00. The maximum absolute atomic E-state index is 10.2. The zero-order valence-electron chi connectivity index (χ0n) is 10.3. The first-order valence-corrected chi connectivity index (χ1v) is 6.05. The first-order valence-electron chi connectivity index (χ1n) is 6.05. The lowest BCUT2D eigenvalue weighted by Gasteiger charge is -2.33. The van der Waals surface area contributed by atoms with Gasteiger partial charge in [-0.2, -0.15) is 0 Å². The standard InChI is InChI=1S/C12H25NO2/c1-10(2)8-11(3)13-9-12(14)4-6-15-7-5-12/h10-11,13-14H,4-9H2,1-3H3. The molecule has 0 amide bonds. The largest absolute Gasteiger partial charge is 0.388 e. The van der Waals surface area contributed by atoms with E-state index in [1.807, 2.05) is 0 Å². The average molecular weight is 215 g/mol. The Morgan fingerprint density at radius 2 is 1.87 bits per heavy atom. The maximum Gasteiger partial charge on any atom is 0.0815 e. The van der Waals surface area contributed by atoms with Crippen molar-refractivity contribution in [2.24, 2.45) is 5.92 Å². The van der Waals surface area contributed by atoms with Crippen LogP contribution in [0.5, 0.6) is 0 Å². The number of hydrogen-bond acceptors (Lipinski definition) is 3. The van der Waals surface area contributed by atoms with Gasteiger partial charge in [0, 0.05) is 38.6 Å². The van der Waals surface area contributed by atoms with Gasteiger partial charge in [0.25, 0.3) is 0 Å². The minimum Gasteiger partial charge on any atom is -0.388 e. The molecule has 15 heavy (non-hydrogen) atoms. The van der Waals surface area contributed by atoms with Gasteiger partial charge in [-0.1, -0.05) is 13.8 Å². The van der Waals surface area contributed by atoms with Gasteiger partial charge in [-0.05, 0) is 19.3 Å². The third kappa shape index (κ3) is 4.96. The van der Waals surface area contributed by atoms with Crippen molar-refractivity contribution in [3.8, 4) is 0 Å². The molecule has 0 bridgehead atoms. The van der Waals surface area contributed by atoms with E-state index >= 15 is 0 Å². The van der Waals surface area contributed by atoms with E-state index < -0.39 is 5.60 Å². The van der Waals surface area contributed by atoms with E-state index in [-0.39, 0.29) is 0 Å². The van der Waals surface area contributed by atoms with Gasteiger partial charge < -0.3 is 15.2 Å². The maximum atomic E-state index is 10.2. The highest BCUT2D eigenvalue weighted by Gasteiger charge is 2.29. The van der Waals surface area contributed by atoms with Gasteiger partial charge in [0.05, 0.1) is 5.60 Å². The molecule has 2 N–H and O–H groups in total. The van der Waals surface area contributed by atoms with E-state index in [2.05, 4.69) is 26.1 Å². The van der Waals surface area contributed by atoms with Gasteiger partial charge in [0.2, 0.25) is 0 Å². The second kappa shape index (κ2) is 5.83. The predicted octanol–water partition coefficient (Wildman–Crippen LogP) is 1.55. The summed E-state index contributed by atoms with van der Waals surface area (Å²) in [6, 6.07) is 0.483. The Kier molecular flexibility index (Phi) is 5.03.